The summed E-state index contributed by atoms with van der Waals surface area (Å²) in [5.74, 6) is -0.0518. The van der Waals surface area contributed by atoms with Gasteiger partial charge in [0.2, 0.25) is 0 Å². The number of ether oxygens (including phenoxy) is 1. The van der Waals surface area contributed by atoms with E-state index in [0.717, 1.165) is 0 Å². The zero-order chi connectivity index (χ0) is 6.69. The number of rotatable bonds is 2. The molecule has 0 saturated carbocycles. The second-order valence-electron chi connectivity index (χ2n) is 1.84. The highest BCUT2D eigenvalue weighted by atomic mass is 16.5. The molecule has 0 aromatic rings. The van der Waals surface area contributed by atoms with E-state index in [1.807, 2.05) is 0 Å². The van der Waals surface area contributed by atoms with E-state index in [0.29, 0.717) is 6.42 Å². The first-order chi connectivity index (χ1) is 4.34. The van der Waals surface area contributed by atoms with Crippen LogP contribution in [0.15, 0.2) is 12.3 Å². The van der Waals surface area contributed by atoms with E-state index in [1.54, 1.807) is 0 Å². The third kappa shape index (κ3) is 1.29. The Hall–Kier alpha value is -0.830. The van der Waals surface area contributed by atoms with Crippen LogP contribution in [-0.2, 0) is 9.53 Å². The molecule has 1 heterocycles. The van der Waals surface area contributed by atoms with E-state index in [1.165, 1.54) is 12.3 Å². The molecule has 3 nitrogen and oxygen atoms in total. The number of ketones is 1. The zero-order valence-electron chi connectivity index (χ0n) is 4.91. The van der Waals surface area contributed by atoms with Crippen molar-refractivity contribution in [2.24, 2.45) is 0 Å². The Morgan fingerprint density at radius 1 is 1.78 bits per heavy atom. The van der Waals surface area contributed by atoms with Crippen LogP contribution in [0.5, 0.6) is 0 Å². The molecular weight excluding hydrogens is 120 g/mol. The molecule has 0 radical (unpaired) electrons. The van der Waals surface area contributed by atoms with Crippen LogP contribution >= 0.6 is 0 Å². The molecule has 1 aliphatic heterocycles. The first-order valence-electron chi connectivity index (χ1n) is 2.81. The molecule has 1 aliphatic rings. The van der Waals surface area contributed by atoms with Gasteiger partial charge in [0.25, 0.3) is 0 Å². The zero-order valence-corrected chi connectivity index (χ0v) is 4.91. The van der Waals surface area contributed by atoms with Crippen LogP contribution in [0, 0.1) is 0 Å². The Morgan fingerprint density at radius 3 is 3.00 bits per heavy atom. The lowest BCUT2D eigenvalue weighted by Gasteiger charge is -2.04. The van der Waals surface area contributed by atoms with Gasteiger partial charge in [0.15, 0.2) is 11.9 Å². The Labute approximate surface area is 52.9 Å². The summed E-state index contributed by atoms with van der Waals surface area (Å²) in [4.78, 5) is 10.6. The molecule has 0 aliphatic carbocycles. The van der Waals surface area contributed by atoms with Crippen LogP contribution in [0.2, 0.25) is 0 Å². The van der Waals surface area contributed by atoms with Crippen LogP contribution in [0.1, 0.15) is 6.42 Å². The van der Waals surface area contributed by atoms with Gasteiger partial charge in [-0.3, -0.25) is 4.79 Å². The van der Waals surface area contributed by atoms with Crippen molar-refractivity contribution >= 4 is 5.78 Å². The largest absolute Gasteiger partial charge is 0.490 e. The van der Waals surface area contributed by atoms with Crippen LogP contribution in [0.4, 0.5) is 0 Å². The summed E-state index contributed by atoms with van der Waals surface area (Å²) in [6, 6.07) is 0. The third-order valence-electron chi connectivity index (χ3n) is 1.18. The van der Waals surface area contributed by atoms with E-state index in [4.69, 9.17) is 9.84 Å². The summed E-state index contributed by atoms with van der Waals surface area (Å²) in [6.45, 7) is -0.00190. The number of hydrogen-bond donors (Lipinski definition) is 1. The van der Waals surface area contributed by atoms with Crippen molar-refractivity contribution in [1.29, 1.82) is 0 Å². The van der Waals surface area contributed by atoms with E-state index in [-0.39, 0.29) is 12.4 Å². The van der Waals surface area contributed by atoms with E-state index >= 15 is 0 Å². The van der Waals surface area contributed by atoms with Crippen molar-refractivity contribution < 1.29 is 14.6 Å². The van der Waals surface area contributed by atoms with Gasteiger partial charge in [-0.1, -0.05) is 0 Å². The first kappa shape index (κ1) is 6.29. The van der Waals surface area contributed by atoms with Gasteiger partial charge in [-0.05, 0) is 0 Å². The molecule has 0 spiro atoms. The Kier molecular flexibility index (Phi) is 1.85. The van der Waals surface area contributed by atoms with Gasteiger partial charge < -0.3 is 9.84 Å². The van der Waals surface area contributed by atoms with Gasteiger partial charge in [-0.15, -0.1) is 0 Å². The predicted molar refractivity (Wildman–Crippen MR) is 30.7 cm³/mol. The SMILES string of the molecule is O=C1C=COC1CCO. The van der Waals surface area contributed by atoms with Crippen molar-refractivity contribution in [3.63, 3.8) is 0 Å². The maximum absolute atomic E-state index is 10.6. The summed E-state index contributed by atoms with van der Waals surface area (Å²) in [6.07, 6.45) is 2.71. The molecule has 0 saturated heterocycles. The summed E-state index contributed by atoms with van der Waals surface area (Å²) in [5.41, 5.74) is 0. The highest BCUT2D eigenvalue weighted by Crippen LogP contribution is 2.07. The van der Waals surface area contributed by atoms with E-state index < -0.39 is 6.10 Å². The molecule has 1 unspecified atom stereocenters. The van der Waals surface area contributed by atoms with Crippen molar-refractivity contribution in [3.05, 3.63) is 12.3 Å². The summed E-state index contributed by atoms with van der Waals surface area (Å²) in [5, 5.41) is 8.38. The smallest absolute Gasteiger partial charge is 0.199 e. The maximum Gasteiger partial charge on any atom is 0.199 e. The minimum atomic E-state index is -0.421. The van der Waals surface area contributed by atoms with E-state index in [9.17, 15) is 4.79 Å². The first-order valence-corrected chi connectivity index (χ1v) is 2.81. The molecule has 1 rings (SSSR count). The van der Waals surface area contributed by atoms with Gasteiger partial charge in [0.1, 0.15) is 0 Å². The molecule has 0 amide bonds. The fourth-order valence-corrected chi connectivity index (χ4v) is 0.703. The molecule has 3 heteroatoms. The molecule has 0 fully saturated rings. The summed E-state index contributed by atoms with van der Waals surface area (Å²) >= 11 is 0. The monoisotopic (exact) mass is 128 g/mol. The molecule has 1 atom stereocenters. The maximum atomic E-state index is 10.6. The number of aliphatic hydroxyl groups excluding tert-OH is 1. The molecule has 9 heavy (non-hydrogen) atoms. The van der Waals surface area contributed by atoms with Crippen LogP contribution in [0.3, 0.4) is 0 Å². The second-order valence-corrected chi connectivity index (χ2v) is 1.84. The lowest BCUT2D eigenvalue weighted by molar-refractivity contribution is -0.120. The number of hydrogen-bond acceptors (Lipinski definition) is 3. The minimum absolute atomic E-state index is 0.00190. The van der Waals surface area contributed by atoms with Gasteiger partial charge >= 0.3 is 0 Å². The van der Waals surface area contributed by atoms with Crippen molar-refractivity contribution in [2.75, 3.05) is 6.61 Å². The van der Waals surface area contributed by atoms with Gasteiger partial charge in [0.05, 0.1) is 6.26 Å². The Morgan fingerprint density at radius 2 is 2.56 bits per heavy atom. The number of carbonyl (C=O) groups excluding carboxylic acids is 1. The normalized spacial score (nSPS) is 24.6. The standard InChI is InChI=1S/C6H8O3/c7-3-1-6-5(8)2-4-9-6/h2,4,6-7H,1,3H2. The minimum Gasteiger partial charge on any atom is -0.490 e. The highest BCUT2D eigenvalue weighted by molar-refractivity contribution is 5.94. The molecular formula is C6H8O3. The third-order valence-corrected chi connectivity index (χ3v) is 1.18. The highest BCUT2D eigenvalue weighted by Gasteiger charge is 2.19. The Bertz CT molecular complexity index is 139. The van der Waals surface area contributed by atoms with Crippen LogP contribution in [0.25, 0.3) is 0 Å². The summed E-state index contributed by atoms with van der Waals surface area (Å²) < 4.78 is 4.82. The average Bonchev–Trinajstić information content (AvgIpc) is 2.18. The predicted octanol–water partition coefficient (Wildman–Crippen LogP) is -0.150. The fourth-order valence-electron chi connectivity index (χ4n) is 0.703. The van der Waals surface area contributed by atoms with Gasteiger partial charge in [-0.2, -0.15) is 0 Å². The van der Waals surface area contributed by atoms with Crippen LogP contribution in [-0.4, -0.2) is 23.6 Å². The second kappa shape index (κ2) is 2.64. The summed E-state index contributed by atoms with van der Waals surface area (Å²) in [7, 11) is 0. The van der Waals surface area contributed by atoms with Gasteiger partial charge in [0, 0.05) is 19.1 Å². The number of carbonyl (C=O) groups is 1. The van der Waals surface area contributed by atoms with Crippen molar-refractivity contribution in [2.45, 2.75) is 12.5 Å². The lowest BCUT2D eigenvalue weighted by Crippen LogP contribution is -2.16. The van der Waals surface area contributed by atoms with E-state index in [2.05, 4.69) is 0 Å². The molecule has 0 aromatic heterocycles. The van der Waals surface area contributed by atoms with Crippen LogP contribution < -0.4 is 0 Å². The molecule has 0 bridgehead atoms. The van der Waals surface area contributed by atoms with Crippen molar-refractivity contribution in [3.8, 4) is 0 Å². The molecule has 0 aromatic carbocycles. The Balaban J connectivity index is 2.37. The van der Waals surface area contributed by atoms with Gasteiger partial charge in [-0.25, -0.2) is 0 Å². The fraction of sp³-hybridized carbons (Fsp3) is 0.500. The average molecular weight is 128 g/mol. The topological polar surface area (TPSA) is 46.5 Å². The lowest BCUT2D eigenvalue weighted by atomic mass is 10.2. The van der Waals surface area contributed by atoms with Crippen molar-refractivity contribution in [1.82, 2.24) is 0 Å². The molecule has 1 N–H and O–H groups in total. The quantitative estimate of drug-likeness (QED) is 0.562. The number of aliphatic hydroxyl groups is 1. The molecule has 50 valence electrons.